The van der Waals surface area contributed by atoms with Crippen LogP contribution in [0.2, 0.25) is 0 Å². The monoisotopic (exact) mass is 337 g/mol. The number of hydrogen-bond donors (Lipinski definition) is 1. The van der Waals surface area contributed by atoms with Gasteiger partial charge in [0.15, 0.2) is 11.5 Å². The van der Waals surface area contributed by atoms with Crippen LogP contribution in [0.5, 0.6) is 0 Å². The smallest absolute Gasteiger partial charge is 0.225 e. The van der Waals surface area contributed by atoms with Crippen LogP contribution in [0.25, 0.3) is 5.65 Å². The Hall–Kier alpha value is -3.03. The number of anilines is 1. The van der Waals surface area contributed by atoms with Gasteiger partial charge in [0.2, 0.25) is 11.9 Å². The molecule has 0 aliphatic carbocycles. The molecule has 0 unspecified atom stereocenters. The van der Waals surface area contributed by atoms with Crippen molar-refractivity contribution in [2.24, 2.45) is 5.92 Å². The Labute approximate surface area is 144 Å². The van der Waals surface area contributed by atoms with Gasteiger partial charge in [0.25, 0.3) is 0 Å². The lowest BCUT2D eigenvalue weighted by molar-refractivity contribution is -0.125. The molecule has 8 nitrogen and oxygen atoms in total. The number of carbonyl (C=O) groups is 1. The highest BCUT2D eigenvalue weighted by Gasteiger charge is 2.27. The standard InChI is InChI=1S/C17H19N7O/c25-16(20-11-15-22-21-14-6-1-2-10-24(14)15)13-5-3-9-23(12-13)17-18-7-4-8-19-17/h1-2,4,6-8,10,13H,3,5,9,11-12H2,(H,20,25)/t13-/m1/s1. The Balaban J connectivity index is 1.39. The number of piperidine rings is 1. The molecule has 1 saturated heterocycles. The maximum atomic E-state index is 12.6. The Morgan fingerprint density at radius 1 is 1.20 bits per heavy atom. The first-order valence-electron chi connectivity index (χ1n) is 8.39. The SMILES string of the molecule is O=C(NCc1nnc2ccccn12)[C@@H]1CCCN(c2ncccn2)C1. The molecule has 4 heterocycles. The maximum absolute atomic E-state index is 12.6. The lowest BCUT2D eigenvalue weighted by atomic mass is 9.97. The van der Waals surface area contributed by atoms with Gasteiger partial charge in [0, 0.05) is 31.7 Å². The van der Waals surface area contributed by atoms with Crippen molar-refractivity contribution in [3.63, 3.8) is 0 Å². The van der Waals surface area contributed by atoms with Gasteiger partial charge in [-0.2, -0.15) is 0 Å². The second-order valence-corrected chi connectivity index (χ2v) is 6.10. The highest BCUT2D eigenvalue weighted by Crippen LogP contribution is 2.20. The van der Waals surface area contributed by atoms with Gasteiger partial charge in [0.05, 0.1) is 12.5 Å². The fourth-order valence-corrected chi connectivity index (χ4v) is 3.15. The number of aromatic nitrogens is 5. The summed E-state index contributed by atoms with van der Waals surface area (Å²) in [6.07, 6.45) is 7.16. The highest BCUT2D eigenvalue weighted by molar-refractivity contribution is 5.79. The van der Waals surface area contributed by atoms with E-state index in [0.717, 1.165) is 30.9 Å². The van der Waals surface area contributed by atoms with E-state index in [9.17, 15) is 4.79 Å². The number of pyridine rings is 1. The van der Waals surface area contributed by atoms with Crippen molar-refractivity contribution in [2.75, 3.05) is 18.0 Å². The van der Waals surface area contributed by atoms with Crippen molar-refractivity contribution >= 4 is 17.5 Å². The summed E-state index contributed by atoms with van der Waals surface area (Å²) in [5.41, 5.74) is 0.775. The van der Waals surface area contributed by atoms with Crippen molar-refractivity contribution in [1.29, 1.82) is 0 Å². The van der Waals surface area contributed by atoms with Crippen LogP contribution in [-0.2, 0) is 11.3 Å². The van der Waals surface area contributed by atoms with E-state index < -0.39 is 0 Å². The molecule has 0 saturated carbocycles. The number of nitrogens with zero attached hydrogens (tertiary/aromatic N) is 6. The molecular formula is C17H19N7O. The van der Waals surface area contributed by atoms with Crippen molar-refractivity contribution in [3.8, 4) is 0 Å². The fourth-order valence-electron chi connectivity index (χ4n) is 3.15. The second-order valence-electron chi connectivity index (χ2n) is 6.10. The summed E-state index contributed by atoms with van der Waals surface area (Å²) < 4.78 is 1.88. The first-order chi connectivity index (χ1) is 12.3. The number of hydrogen-bond acceptors (Lipinski definition) is 6. The summed E-state index contributed by atoms with van der Waals surface area (Å²) >= 11 is 0. The summed E-state index contributed by atoms with van der Waals surface area (Å²) in [5, 5.41) is 11.2. The highest BCUT2D eigenvalue weighted by atomic mass is 16.1. The molecule has 25 heavy (non-hydrogen) atoms. The molecule has 4 rings (SSSR count). The van der Waals surface area contributed by atoms with E-state index in [1.165, 1.54) is 0 Å². The van der Waals surface area contributed by atoms with Crippen molar-refractivity contribution < 1.29 is 4.79 Å². The van der Waals surface area contributed by atoms with Crippen LogP contribution in [0.1, 0.15) is 18.7 Å². The Bertz CT molecular complexity index is 864. The summed E-state index contributed by atoms with van der Waals surface area (Å²) in [7, 11) is 0. The number of fused-ring (bicyclic) bond motifs is 1. The zero-order valence-corrected chi connectivity index (χ0v) is 13.7. The summed E-state index contributed by atoms with van der Waals surface area (Å²) in [6, 6.07) is 7.51. The van der Waals surface area contributed by atoms with Crippen LogP contribution in [-0.4, -0.2) is 43.6 Å². The summed E-state index contributed by atoms with van der Waals surface area (Å²) in [6.45, 7) is 1.88. The predicted octanol–water partition coefficient (Wildman–Crippen LogP) is 1.05. The largest absolute Gasteiger partial charge is 0.348 e. The van der Waals surface area contributed by atoms with Crippen LogP contribution in [0.3, 0.4) is 0 Å². The Morgan fingerprint density at radius 3 is 2.96 bits per heavy atom. The maximum Gasteiger partial charge on any atom is 0.225 e. The molecule has 8 heteroatoms. The number of carbonyl (C=O) groups excluding carboxylic acids is 1. The van der Waals surface area contributed by atoms with Crippen molar-refractivity contribution in [2.45, 2.75) is 19.4 Å². The molecule has 1 aliphatic heterocycles. The van der Waals surface area contributed by atoms with Crippen LogP contribution in [0.15, 0.2) is 42.9 Å². The molecular weight excluding hydrogens is 318 g/mol. The van der Waals surface area contributed by atoms with Crippen LogP contribution >= 0.6 is 0 Å². The van der Waals surface area contributed by atoms with Gasteiger partial charge in [-0.25, -0.2) is 9.97 Å². The van der Waals surface area contributed by atoms with Gasteiger partial charge in [-0.05, 0) is 31.0 Å². The normalized spacial score (nSPS) is 17.6. The lowest BCUT2D eigenvalue weighted by Gasteiger charge is -2.31. The Kier molecular flexibility index (Phi) is 4.24. The van der Waals surface area contributed by atoms with E-state index in [-0.39, 0.29) is 11.8 Å². The number of rotatable bonds is 4. The number of nitrogens with one attached hydrogen (secondary N) is 1. The van der Waals surface area contributed by atoms with E-state index in [2.05, 4.69) is 30.4 Å². The molecule has 0 radical (unpaired) electrons. The zero-order valence-electron chi connectivity index (χ0n) is 13.7. The van der Waals surface area contributed by atoms with Crippen LogP contribution < -0.4 is 10.2 Å². The minimum absolute atomic E-state index is 0.0355. The summed E-state index contributed by atoms with van der Waals surface area (Å²) in [5.74, 6) is 1.37. The average molecular weight is 337 g/mol. The first-order valence-corrected chi connectivity index (χ1v) is 8.39. The molecule has 3 aromatic rings. The minimum Gasteiger partial charge on any atom is -0.348 e. The van der Waals surface area contributed by atoms with Gasteiger partial charge < -0.3 is 10.2 Å². The summed E-state index contributed by atoms with van der Waals surface area (Å²) in [4.78, 5) is 23.2. The minimum atomic E-state index is -0.0725. The molecule has 1 N–H and O–H groups in total. The second kappa shape index (κ2) is 6.84. The van der Waals surface area contributed by atoms with E-state index >= 15 is 0 Å². The van der Waals surface area contributed by atoms with Crippen LogP contribution in [0.4, 0.5) is 5.95 Å². The third kappa shape index (κ3) is 3.28. The number of amides is 1. The van der Waals surface area contributed by atoms with Gasteiger partial charge in [-0.3, -0.25) is 9.20 Å². The third-order valence-corrected chi connectivity index (χ3v) is 4.43. The average Bonchev–Trinajstić information content (AvgIpc) is 3.10. The lowest BCUT2D eigenvalue weighted by Crippen LogP contribution is -2.43. The molecule has 1 fully saturated rings. The van der Waals surface area contributed by atoms with Gasteiger partial charge >= 0.3 is 0 Å². The topological polar surface area (TPSA) is 88.3 Å². The molecule has 1 aliphatic rings. The van der Waals surface area contributed by atoms with E-state index in [1.54, 1.807) is 18.5 Å². The molecule has 3 aromatic heterocycles. The Morgan fingerprint density at radius 2 is 2.08 bits per heavy atom. The molecule has 128 valence electrons. The van der Waals surface area contributed by atoms with E-state index in [4.69, 9.17) is 0 Å². The van der Waals surface area contributed by atoms with Gasteiger partial charge in [-0.15, -0.1) is 10.2 Å². The third-order valence-electron chi connectivity index (χ3n) is 4.43. The van der Waals surface area contributed by atoms with E-state index in [0.29, 0.717) is 19.0 Å². The van der Waals surface area contributed by atoms with Crippen molar-refractivity contribution in [3.05, 3.63) is 48.7 Å². The van der Waals surface area contributed by atoms with Crippen LogP contribution in [0, 0.1) is 5.92 Å². The first kappa shape index (κ1) is 15.5. The molecule has 0 aromatic carbocycles. The fraction of sp³-hybridized carbons (Fsp3) is 0.353. The quantitative estimate of drug-likeness (QED) is 0.766. The predicted molar refractivity (Wildman–Crippen MR) is 91.8 cm³/mol. The molecule has 0 bridgehead atoms. The molecule has 1 atom stereocenters. The van der Waals surface area contributed by atoms with Gasteiger partial charge in [-0.1, -0.05) is 6.07 Å². The van der Waals surface area contributed by atoms with Gasteiger partial charge in [0.1, 0.15) is 0 Å². The molecule has 1 amide bonds. The zero-order chi connectivity index (χ0) is 17.1. The van der Waals surface area contributed by atoms with Crippen molar-refractivity contribution in [1.82, 2.24) is 29.9 Å². The van der Waals surface area contributed by atoms with E-state index in [1.807, 2.05) is 28.8 Å². The molecule has 0 spiro atoms.